The molecule has 0 aromatic rings. The van der Waals surface area contributed by atoms with Gasteiger partial charge in [0.1, 0.15) is 24.9 Å². The van der Waals surface area contributed by atoms with Crippen LogP contribution in [0.4, 0.5) is 4.79 Å². The minimum atomic E-state index is -0.422. The van der Waals surface area contributed by atoms with Crippen LogP contribution in [-0.4, -0.2) is 67.2 Å². The van der Waals surface area contributed by atoms with Crippen LogP contribution in [-0.2, 0) is 18.9 Å². The van der Waals surface area contributed by atoms with Gasteiger partial charge in [0.15, 0.2) is 0 Å². The molecule has 24 heavy (non-hydrogen) atoms. The molecule has 0 aromatic heterocycles. The van der Waals surface area contributed by atoms with E-state index in [1.807, 2.05) is 55.4 Å². The number of rotatable bonds is 12. The highest BCUT2D eigenvalue weighted by atomic mass is 16.5. The van der Waals surface area contributed by atoms with E-state index in [1.165, 1.54) is 0 Å². The van der Waals surface area contributed by atoms with E-state index >= 15 is 0 Å². The van der Waals surface area contributed by atoms with Crippen molar-refractivity contribution < 1.29 is 23.7 Å². The summed E-state index contributed by atoms with van der Waals surface area (Å²) in [6.07, 6.45) is -1.69. The molecule has 0 aliphatic carbocycles. The van der Waals surface area contributed by atoms with Gasteiger partial charge in [-0.1, -0.05) is 0 Å². The molecule has 0 fully saturated rings. The van der Waals surface area contributed by atoms with Crippen molar-refractivity contribution in [2.45, 2.75) is 80.3 Å². The fraction of sp³-hybridized carbons (Fsp3) is 0.941. The zero-order chi connectivity index (χ0) is 18.7. The van der Waals surface area contributed by atoms with Gasteiger partial charge in [0.25, 0.3) is 0 Å². The summed E-state index contributed by atoms with van der Waals surface area (Å²) in [5.41, 5.74) is 0. The summed E-state index contributed by atoms with van der Waals surface area (Å²) in [6, 6.07) is -0.237. The quantitative estimate of drug-likeness (QED) is 0.507. The summed E-state index contributed by atoms with van der Waals surface area (Å²) in [5.74, 6) is 0. The van der Waals surface area contributed by atoms with Gasteiger partial charge in [0.2, 0.25) is 0 Å². The number of urea groups is 1. The van der Waals surface area contributed by atoms with E-state index < -0.39 is 24.9 Å². The fourth-order valence-electron chi connectivity index (χ4n) is 2.63. The van der Waals surface area contributed by atoms with Crippen LogP contribution in [0.2, 0.25) is 0 Å². The first-order valence-electron chi connectivity index (χ1n) is 8.92. The Morgan fingerprint density at radius 2 is 0.833 bits per heavy atom. The van der Waals surface area contributed by atoms with Crippen LogP contribution in [0.3, 0.4) is 0 Å². The summed E-state index contributed by atoms with van der Waals surface area (Å²) in [7, 11) is 0. The van der Waals surface area contributed by atoms with Crippen molar-refractivity contribution in [1.82, 2.24) is 9.80 Å². The van der Waals surface area contributed by atoms with Gasteiger partial charge in [-0.25, -0.2) is 4.79 Å². The largest absolute Gasteiger partial charge is 0.359 e. The number of hydrogen-bond donors (Lipinski definition) is 0. The molecule has 0 aliphatic rings. The van der Waals surface area contributed by atoms with Crippen molar-refractivity contribution in [3.8, 4) is 0 Å². The Morgan fingerprint density at radius 1 is 0.625 bits per heavy atom. The first-order valence-corrected chi connectivity index (χ1v) is 8.92. The first kappa shape index (κ1) is 23.1. The lowest BCUT2D eigenvalue weighted by Gasteiger charge is -2.41. The maximum atomic E-state index is 13.2. The molecule has 0 radical (unpaired) electrons. The molecule has 0 spiro atoms. The van der Waals surface area contributed by atoms with E-state index in [2.05, 4.69) is 0 Å². The van der Waals surface area contributed by atoms with E-state index in [0.29, 0.717) is 26.4 Å². The van der Waals surface area contributed by atoms with Crippen LogP contribution in [0, 0.1) is 0 Å². The standard InChI is InChI=1S/C17H36N2O5/c1-9-21-13(5)18(14(6)22-10-2)17(20)19(15(7)23-11-3)16(8)24-12-4/h13-16H,9-12H2,1-8H3. The number of carbonyl (C=O) groups excluding carboxylic acids is 1. The van der Waals surface area contributed by atoms with Crippen LogP contribution >= 0.6 is 0 Å². The molecule has 0 rings (SSSR count). The second-order valence-corrected chi connectivity index (χ2v) is 5.32. The monoisotopic (exact) mass is 348 g/mol. The molecule has 4 atom stereocenters. The molecule has 2 amide bonds. The molecular formula is C17H36N2O5. The van der Waals surface area contributed by atoms with Gasteiger partial charge in [0, 0.05) is 26.4 Å². The molecule has 7 heteroatoms. The second kappa shape index (κ2) is 12.5. The topological polar surface area (TPSA) is 60.5 Å². The Balaban J connectivity index is 5.51. The van der Waals surface area contributed by atoms with E-state index in [4.69, 9.17) is 18.9 Å². The van der Waals surface area contributed by atoms with Gasteiger partial charge in [-0.3, -0.25) is 9.80 Å². The first-order chi connectivity index (χ1) is 11.3. The Labute approximate surface area is 147 Å². The summed E-state index contributed by atoms with van der Waals surface area (Å²) in [6.45, 7) is 17.0. The Bertz CT molecular complexity index is 289. The minimum absolute atomic E-state index is 0.237. The predicted molar refractivity (Wildman–Crippen MR) is 93.4 cm³/mol. The highest BCUT2D eigenvalue weighted by Crippen LogP contribution is 2.18. The van der Waals surface area contributed by atoms with Crippen LogP contribution in [0.25, 0.3) is 0 Å². The van der Waals surface area contributed by atoms with Gasteiger partial charge >= 0.3 is 6.03 Å². The molecule has 0 heterocycles. The molecule has 0 saturated heterocycles. The average molecular weight is 348 g/mol. The number of carbonyl (C=O) groups is 1. The van der Waals surface area contributed by atoms with Crippen molar-refractivity contribution in [3.05, 3.63) is 0 Å². The average Bonchev–Trinajstić information content (AvgIpc) is 2.48. The highest BCUT2D eigenvalue weighted by Gasteiger charge is 2.35. The fourth-order valence-corrected chi connectivity index (χ4v) is 2.63. The summed E-state index contributed by atoms with van der Waals surface area (Å²) in [5, 5.41) is 0. The molecule has 0 bridgehead atoms. The van der Waals surface area contributed by atoms with Crippen molar-refractivity contribution in [3.63, 3.8) is 0 Å². The normalized spacial score (nSPS) is 16.3. The smallest absolute Gasteiger partial charge is 0.328 e. The van der Waals surface area contributed by atoms with Crippen molar-refractivity contribution in [2.24, 2.45) is 0 Å². The van der Waals surface area contributed by atoms with Gasteiger partial charge in [-0.15, -0.1) is 0 Å². The molecule has 4 unspecified atom stereocenters. The summed E-state index contributed by atoms with van der Waals surface area (Å²) in [4.78, 5) is 16.4. The van der Waals surface area contributed by atoms with Crippen LogP contribution in [0.5, 0.6) is 0 Å². The number of hydrogen-bond acceptors (Lipinski definition) is 5. The van der Waals surface area contributed by atoms with Crippen LogP contribution < -0.4 is 0 Å². The molecule has 144 valence electrons. The third-order valence-electron chi connectivity index (χ3n) is 3.64. The highest BCUT2D eigenvalue weighted by molar-refractivity contribution is 5.75. The molecule has 7 nitrogen and oxygen atoms in total. The zero-order valence-corrected chi connectivity index (χ0v) is 16.6. The minimum Gasteiger partial charge on any atom is -0.359 e. The van der Waals surface area contributed by atoms with Gasteiger partial charge < -0.3 is 18.9 Å². The third kappa shape index (κ3) is 6.93. The van der Waals surface area contributed by atoms with E-state index in [0.717, 1.165) is 0 Å². The molecular weight excluding hydrogens is 312 g/mol. The number of amides is 2. The lowest BCUT2D eigenvalue weighted by Crippen LogP contribution is -2.58. The van der Waals surface area contributed by atoms with E-state index in [9.17, 15) is 4.79 Å². The Morgan fingerprint density at radius 3 is 1.00 bits per heavy atom. The summed E-state index contributed by atoms with van der Waals surface area (Å²) < 4.78 is 22.6. The Hall–Kier alpha value is -0.890. The van der Waals surface area contributed by atoms with Gasteiger partial charge in [0.05, 0.1) is 0 Å². The zero-order valence-electron chi connectivity index (χ0n) is 16.6. The predicted octanol–water partition coefficient (Wildman–Crippen LogP) is 3.24. The lowest BCUT2D eigenvalue weighted by atomic mass is 10.4. The summed E-state index contributed by atoms with van der Waals surface area (Å²) >= 11 is 0. The Kier molecular flexibility index (Phi) is 12.0. The van der Waals surface area contributed by atoms with Crippen molar-refractivity contribution in [2.75, 3.05) is 26.4 Å². The number of nitrogens with zero attached hydrogens (tertiary/aromatic N) is 2. The molecule has 0 saturated carbocycles. The molecule has 0 aliphatic heterocycles. The lowest BCUT2D eigenvalue weighted by molar-refractivity contribution is -0.150. The maximum Gasteiger partial charge on any atom is 0.328 e. The van der Waals surface area contributed by atoms with Crippen molar-refractivity contribution >= 4 is 6.03 Å². The number of ether oxygens (including phenoxy) is 4. The molecule has 0 aromatic carbocycles. The van der Waals surface area contributed by atoms with Crippen molar-refractivity contribution in [1.29, 1.82) is 0 Å². The van der Waals surface area contributed by atoms with Gasteiger partial charge in [-0.2, -0.15) is 0 Å². The van der Waals surface area contributed by atoms with Crippen LogP contribution in [0.1, 0.15) is 55.4 Å². The second-order valence-electron chi connectivity index (χ2n) is 5.32. The van der Waals surface area contributed by atoms with E-state index in [-0.39, 0.29) is 6.03 Å². The van der Waals surface area contributed by atoms with Gasteiger partial charge in [-0.05, 0) is 55.4 Å². The third-order valence-corrected chi connectivity index (χ3v) is 3.64. The van der Waals surface area contributed by atoms with E-state index in [1.54, 1.807) is 9.80 Å². The SMILES string of the molecule is CCOC(C)N(C(=O)N(C(C)OCC)C(C)OCC)C(C)OCC. The molecule has 0 N–H and O–H groups in total. The maximum absolute atomic E-state index is 13.2. The van der Waals surface area contributed by atoms with Crippen LogP contribution in [0.15, 0.2) is 0 Å².